The van der Waals surface area contributed by atoms with Gasteiger partial charge in [-0.1, -0.05) is 109 Å². The molecular formula is C33H43O2P. The van der Waals surface area contributed by atoms with Crippen LogP contribution in [0.25, 0.3) is 0 Å². The van der Waals surface area contributed by atoms with Crippen molar-refractivity contribution in [3.8, 4) is 11.5 Å². The molecule has 3 heteroatoms. The first kappa shape index (κ1) is 26.7. The second-order valence-corrected chi connectivity index (χ2v) is 13.7. The van der Waals surface area contributed by atoms with Gasteiger partial charge in [0.2, 0.25) is 0 Å². The number of benzene rings is 3. The molecule has 2 nitrogen and oxygen atoms in total. The van der Waals surface area contributed by atoms with Crippen molar-refractivity contribution in [1.29, 1.82) is 0 Å². The van der Waals surface area contributed by atoms with E-state index in [2.05, 4.69) is 124 Å². The number of rotatable bonds is 5. The smallest absolute Gasteiger partial charge is 0.326 e. The highest BCUT2D eigenvalue weighted by Crippen LogP contribution is 2.52. The van der Waals surface area contributed by atoms with Crippen molar-refractivity contribution in [2.45, 2.75) is 86.5 Å². The summed E-state index contributed by atoms with van der Waals surface area (Å²) in [4.78, 5) is 0. The number of aryl methyl sites for hydroxylation is 2. The van der Waals surface area contributed by atoms with Crippen LogP contribution in [0.15, 0.2) is 54.6 Å². The summed E-state index contributed by atoms with van der Waals surface area (Å²) in [6.45, 7) is 23.0. The SMILES string of the molecule is Cc1cc2c(c(C(C)(C)C(C)C)c1)OP(c1ccccc1)Oc1c(cc(C)cc1C(C)(C)C(C)C)C2. The van der Waals surface area contributed by atoms with Crippen LogP contribution in [0.4, 0.5) is 0 Å². The Morgan fingerprint density at radius 2 is 1.08 bits per heavy atom. The van der Waals surface area contributed by atoms with Crippen LogP contribution in [0.1, 0.15) is 88.8 Å². The molecule has 1 heterocycles. The van der Waals surface area contributed by atoms with Gasteiger partial charge in [0, 0.05) is 17.5 Å². The van der Waals surface area contributed by atoms with E-state index in [9.17, 15) is 0 Å². The standard InChI is InChI=1S/C33H43O2P/c1-21(2)32(7,8)28-18-23(5)16-25-20-26-17-24(6)19-29(33(9,10)22(3)4)31(26)35-36(34-30(25)28)27-14-12-11-13-15-27/h11-19,21-22H,20H2,1-10H3. The first-order valence-corrected chi connectivity index (χ1v) is 14.5. The van der Waals surface area contributed by atoms with Crippen molar-refractivity contribution in [2.24, 2.45) is 11.8 Å². The molecule has 3 aromatic carbocycles. The molecule has 0 spiro atoms. The maximum absolute atomic E-state index is 7.00. The van der Waals surface area contributed by atoms with Crippen molar-refractivity contribution < 1.29 is 9.05 Å². The minimum Gasteiger partial charge on any atom is -0.435 e. The Hall–Kier alpha value is -2.31. The molecule has 0 atom stereocenters. The van der Waals surface area contributed by atoms with Gasteiger partial charge in [0.15, 0.2) is 0 Å². The molecule has 0 saturated heterocycles. The summed E-state index contributed by atoms with van der Waals surface area (Å²) < 4.78 is 14.0. The second-order valence-electron chi connectivity index (χ2n) is 12.3. The zero-order valence-electron chi connectivity index (χ0n) is 23.8. The van der Waals surface area contributed by atoms with Gasteiger partial charge in [-0.25, -0.2) is 0 Å². The quantitative estimate of drug-likeness (QED) is 0.324. The van der Waals surface area contributed by atoms with Crippen molar-refractivity contribution in [3.63, 3.8) is 0 Å². The molecule has 0 bridgehead atoms. The third kappa shape index (κ3) is 4.95. The van der Waals surface area contributed by atoms with Crippen LogP contribution in [-0.4, -0.2) is 0 Å². The van der Waals surface area contributed by atoms with Crippen LogP contribution in [0, 0.1) is 25.7 Å². The molecule has 0 fully saturated rings. The Morgan fingerprint density at radius 1 is 0.667 bits per heavy atom. The highest BCUT2D eigenvalue weighted by atomic mass is 31.2. The molecule has 0 saturated carbocycles. The zero-order chi connectivity index (χ0) is 26.4. The van der Waals surface area contributed by atoms with Gasteiger partial charge in [-0.15, -0.1) is 0 Å². The van der Waals surface area contributed by atoms with Crippen molar-refractivity contribution in [1.82, 2.24) is 0 Å². The van der Waals surface area contributed by atoms with Crippen LogP contribution in [-0.2, 0) is 17.3 Å². The average molecular weight is 503 g/mol. The van der Waals surface area contributed by atoms with E-state index in [1.165, 1.54) is 33.4 Å². The molecule has 1 aliphatic rings. The first-order valence-electron chi connectivity index (χ1n) is 13.3. The summed E-state index contributed by atoms with van der Waals surface area (Å²) in [5, 5.41) is 1.09. The van der Waals surface area contributed by atoms with E-state index in [-0.39, 0.29) is 10.8 Å². The Labute approximate surface area is 220 Å². The van der Waals surface area contributed by atoms with Gasteiger partial charge in [0.25, 0.3) is 0 Å². The zero-order valence-corrected chi connectivity index (χ0v) is 24.7. The van der Waals surface area contributed by atoms with E-state index in [0.717, 1.165) is 23.2 Å². The summed E-state index contributed by atoms with van der Waals surface area (Å²) in [6.07, 6.45) is 0.800. The van der Waals surface area contributed by atoms with Gasteiger partial charge in [-0.2, -0.15) is 0 Å². The third-order valence-electron chi connectivity index (χ3n) is 8.59. The molecule has 0 N–H and O–H groups in total. The molecule has 192 valence electrons. The molecule has 4 rings (SSSR count). The molecule has 1 aliphatic heterocycles. The molecule has 0 radical (unpaired) electrons. The van der Waals surface area contributed by atoms with Crippen LogP contribution >= 0.6 is 8.38 Å². The predicted molar refractivity (Wildman–Crippen MR) is 155 cm³/mol. The fourth-order valence-electron chi connectivity index (χ4n) is 4.80. The number of fused-ring (bicyclic) bond motifs is 2. The van der Waals surface area contributed by atoms with E-state index in [4.69, 9.17) is 9.05 Å². The van der Waals surface area contributed by atoms with E-state index >= 15 is 0 Å². The third-order valence-corrected chi connectivity index (χ3v) is 10.0. The topological polar surface area (TPSA) is 18.5 Å². The highest BCUT2D eigenvalue weighted by Gasteiger charge is 2.36. The lowest BCUT2D eigenvalue weighted by Crippen LogP contribution is -2.28. The molecule has 0 aromatic heterocycles. The summed E-state index contributed by atoms with van der Waals surface area (Å²) in [5.74, 6) is 2.95. The normalized spacial score (nSPS) is 14.6. The van der Waals surface area contributed by atoms with Crippen molar-refractivity contribution >= 4 is 13.7 Å². The second kappa shape index (κ2) is 9.86. The van der Waals surface area contributed by atoms with Crippen LogP contribution in [0.2, 0.25) is 0 Å². The Bertz CT molecular complexity index is 1160. The minimum atomic E-state index is -1.37. The van der Waals surface area contributed by atoms with Gasteiger partial charge >= 0.3 is 8.38 Å². The fraction of sp³-hybridized carbons (Fsp3) is 0.455. The van der Waals surface area contributed by atoms with Gasteiger partial charge in [0.05, 0.1) is 5.30 Å². The maximum atomic E-state index is 7.00. The Balaban J connectivity index is 2.02. The van der Waals surface area contributed by atoms with Gasteiger partial charge in [-0.3, -0.25) is 0 Å². The van der Waals surface area contributed by atoms with Crippen molar-refractivity contribution in [3.05, 3.63) is 88.0 Å². The Kier molecular flexibility index (Phi) is 7.33. The average Bonchev–Trinajstić information content (AvgIpc) is 2.79. The van der Waals surface area contributed by atoms with E-state index in [0.29, 0.717) is 11.8 Å². The van der Waals surface area contributed by atoms with Crippen LogP contribution < -0.4 is 14.4 Å². The Morgan fingerprint density at radius 3 is 1.47 bits per heavy atom. The van der Waals surface area contributed by atoms with Crippen LogP contribution in [0.5, 0.6) is 11.5 Å². The highest BCUT2D eigenvalue weighted by molar-refractivity contribution is 7.56. The fourth-order valence-corrected chi connectivity index (χ4v) is 6.23. The maximum Gasteiger partial charge on any atom is 0.326 e. The lowest BCUT2D eigenvalue weighted by atomic mass is 9.73. The van der Waals surface area contributed by atoms with Gasteiger partial charge < -0.3 is 9.05 Å². The number of hydrogen-bond donors (Lipinski definition) is 0. The first-order chi connectivity index (χ1) is 16.8. The summed E-state index contributed by atoms with van der Waals surface area (Å²) in [6, 6.07) is 19.8. The minimum absolute atomic E-state index is 0.0345. The molecule has 0 amide bonds. The summed E-state index contributed by atoms with van der Waals surface area (Å²) in [7, 11) is -1.37. The monoisotopic (exact) mass is 502 g/mol. The molecule has 0 aliphatic carbocycles. The van der Waals surface area contributed by atoms with E-state index in [1.54, 1.807) is 0 Å². The van der Waals surface area contributed by atoms with Gasteiger partial charge in [0.1, 0.15) is 11.5 Å². The molecule has 3 aromatic rings. The van der Waals surface area contributed by atoms with E-state index in [1.807, 2.05) is 0 Å². The number of hydrogen-bond acceptors (Lipinski definition) is 2. The van der Waals surface area contributed by atoms with Crippen molar-refractivity contribution in [2.75, 3.05) is 0 Å². The summed E-state index contributed by atoms with van der Waals surface area (Å²) in [5.41, 5.74) is 7.56. The predicted octanol–water partition coefficient (Wildman–Crippen LogP) is 9.17. The van der Waals surface area contributed by atoms with Gasteiger partial charge in [-0.05, 0) is 59.8 Å². The molecule has 36 heavy (non-hydrogen) atoms. The van der Waals surface area contributed by atoms with E-state index < -0.39 is 8.38 Å². The molecular weight excluding hydrogens is 459 g/mol. The van der Waals surface area contributed by atoms with Crippen LogP contribution in [0.3, 0.4) is 0 Å². The molecule has 0 unspecified atom stereocenters. The summed E-state index contributed by atoms with van der Waals surface area (Å²) >= 11 is 0. The lowest BCUT2D eigenvalue weighted by Gasteiger charge is -2.37. The largest absolute Gasteiger partial charge is 0.435 e. The lowest BCUT2D eigenvalue weighted by molar-refractivity contribution is 0.353.